The van der Waals surface area contributed by atoms with Crippen molar-refractivity contribution in [2.75, 3.05) is 26.2 Å². The van der Waals surface area contributed by atoms with Crippen molar-refractivity contribution in [1.82, 2.24) is 8.97 Å². The standard InChI is InChI=1S/C33H40N2/c1-5-34(6-2,31-25-17-11-18-26-31)33(29-21-13-9-14-22-29,30-23-15-10-16-24-30)35(7-3,8-4)32-27-19-12-20-28-32/h9-28H,5-8H2,1-4H3/q+2. The van der Waals surface area contributed by atoms with Crippen LogP contribution in [0.25, 0.3) is 0 Å². The van der Waals surface area contributed by atoms with Crippen LogP contribution in [0.2, 0.25) is 0 Å². The minimum absolute atomic E-state index is 0.405. The van der Waals surface area contributed by atoms with E-state index in [2.05, 4.69) is 149 Å². The average Bonchev–Trinajstić information content (AvgIpc) is 2.95. The van der Waals surface area contributed by atoms with E-state index in [4.69, 9.17) is 0 Å². The van der Waals surface area contributed by atoms with Gasteiger partial charge in [-0.15, -0.1) is 0 Å². The van der Waals surface area contributed by atoms with E-state index >= 15 is 0 Å². The van der Waals surface area contributed by atoms with Crippen LogP contribution in [0.1, 0.15) is 38.8 Å². The van der Waals surface area contributed by atoms with Crippen LogP contribution in [0.5, 0.6) is 0 Å². The van der Waals surface area contributed by atoms with Crippen molar-refractivity contribution in [2.45, 2.75) is 33.4 Å². The van der Waals surface area contributed by atoms with Gasteiger partial charge in [-0.1, -0.05) is 72.8 Å². The summed E-state index contributed by atoms with van der Waals surface area (Å²) in [6.45, 7) is 13.3. The van der Waals surface area contributed by atoms with Crippen molar-refractivity contribution in [3.8, 4) is 0 Å². The summed E-state index contributed by atoms with van der Waals surface area (Å²) in [6, 6.07) is 44.9. The first-order valence-corrected chi connectivity index (χ1v) is 13.1. The molecule has 0 aromatic heterocycles. The second kappa shape index (κ2) is 10.6. The Labute approximate surface area is 212 Å². The van der Waals surface area contributed by atoms with E-state index in [1.807, 2.05) is 0 Å². The van der Waals surface area contributed by atoms with Crippen LogP contribution >= 0.6 is 0 Å². The zero-order chi connectivity index (χ0) is 24.8. The maximum atomic E-state index is 2.36. The highest BCUT2D eigenvalue weighted by molar-refractivity contribution is 5.59. The minimum atomic E-state index is -0.405. The molecule has 0 N–H and O–H groups in total. The Kier molecular flexibility index (Phi) is 7.54. The Hall–Kier alpha value is -3.20. The molecule has 0 amide bonds. The number of rotatable bonds is 10. The van der Waals surface area contributed by atoms with Gasteiger partial charge in [0.15, 0.2) is 0 Å². The van der Waals surface area contributed by atoms with Crippen LogP contribution < -0.4 is 8.97 Å². The minimum Gasteiger partial charge on any atom is -0.232 e. The number of para-hydroxylation sites is 2. The lowest BCUT2D eigenvalue weighted by Crippen LogP contribution is -2.79. The number of benzene rings is 4. The van der Waals surface area contributed by atoms with E-state index in [1.54, 1.807) is 0 Å². The maximum absolute atomic E-state index is 2.36. The predicted molar refractivity (Wildman–Crippen MR) is 152 cm³/mol. The number of quaternary nitrogens is 2. The molecule has 0 heterocycles. The van der Waals surface area contributed by atoms with E-state index in [9.17, 15) is 0 Å². The molecular formula is C33H40N2+2. The normalized spacial score (nSPS) is 12.5. The maximum Gasteiger partial charge on any atom is 0.288 e. The van der Waals surface area contributed by atoms with Gasteiger partial charge >= 0.3 is 0 Å². The molecule has 0 aliphatic rings. The van der Waals surface area contributed by atoms with Gasteiger partial charge in [-0.25, -0.2) is 8.97 Å². The Morgan fingerprint density at radius 1 is 0.400 bits per heavy atom. The summed E-state index contributed by atoms with van der Waals surface area (Å²) in [4.78, 5) is 0. The molecule has 180 valence electrons. The lowest BCUT2D eigenvalue weighted by atomic mass is 9.81. The molecule has 0 spiro atoms. The molecule has 0 aliphatic heterocycles. The van der Waals surface area contributed by atoms with Gasteiger partial charge < -0.3 is 0 Å². The first kappa shape index (κ1) is 24.9. The molecule has 0 bridgehead atoms. The van der Waals surface area contributed by atoms with Gasteiger partial charge in [-0.3, -0.25) is 0 Å². The molecule has 0 radical (unpaired) electrons. The van der Waals surface area contributed by atoms with Gasteiger partial charge in [0, 0.05) is 0 Å². The summed E-state index contributed by atoms with van der Waals surface area (Å²) in [5.41, 5.74) is 5.01. The van der Waals surface area contributed by atoms with Gasteiger partial charge in [-0.2, -0.15) is 0 Å². The second-order valence-electron chi connectivity index (χ2n) is 9.28. The lowest BCUT2D eigenvalue weighted by molar-refractivity contribution is -0.0116. The highest BCUT2D eigenvalue weighted by atomic mass is 15.6. The van der Waals surface area contributed by atoms with Crippen LogP contribution in [0.15, 0.2) is 121 Å². The van der Waals surface area contributed by atoms with Crippen LogP contribution in [0.3, 0.4) is 0 Å². The third-order valence-corrected chi connectivity index (χ3v) is 8.25. The summed E-state index contributed by atoms with van der Waals surface area (Å²) in [5, 5.41) is 0. The molecule has 4 aromatic rings. The average molecular weight is 465 g/mol. The molecule has 0 fully saturated rings. The Morgan fingerprint density at radius 2 is 0.657 bits per heavy atom. The molecule has 0 aliphatic carbocycles. The second-order valence-corrected chi connectivity index (χ2v) is 9.28. The third kappa shape index (κ3) is 3.73. The first-order valence-electron chi connectivity index (χ1n) is 13.1. The summed E-state index contributed by atoms with van der Waals surface area (Å²) in [6.07, 6.45) is 0. The fourth-order valence-corrected chi connectivity index (χ4v) is 6.76. The summed E-state index contributed by atoms with van der Waals surface area (Å²) in [7, 11) is 0. The lowest BCUT2D eigenvalue weighted by Gasteiger charge is -2.60. The zero-order valence-corrected chi connectivity index (χ0v) is 21.8. The van der Waals surface area contributed by atoms with Gasteiger partial charge in [0.05, 0.1) is 37.3 Å². The Bertz CT molecular complexity index is 1070. The van der Waals surface area contributed by atoms with E-state index < -0.39 is 5.66 Å². The largest absolute Gasteiger partial charge is 0.288 e. The van der Waals surface area contributed by atoms with Crippen molar-refractivity contribution in [2.24, 2.45) is 0 Å². The van der Waals surface area contributed by atoms with Gasteiger partial charge in [-0.05, 0) is 76.2 Å². The molecular weight excluding hydrogens is 424 g/mol. The third-order valence-electron chi connectivity index (χ3n) is 8.25. The van der Waals surface area contributed by atoms with Crippen molar-refractivity contribution in [3.63, 3.8) is 0 Å². The van der Waals surface area contributed by atoms with Crippen LogP contribution in [-0.2, 0) is 5.66 Å². The van der Waals surface area contributed by atoms with Gasteiger partial charge in [0.25, 0.3) is 5.66 Å². The zero-order valence-electron chi connectivity index (χ0n) is 21.8. The van der Waals surface area contributed by atoms with Crippen molar-refractivity contribution >= 4 is 11.4 Å². The van der Waals surface area contributed by atoms with E-state index in [1.165, 1.54) is 22.5 Å². The topological polar surface area (TPSA) is 0 Å². The molecule has 0 saturated heterocycles. The fourth-order valence-electron chi connectivity index (χ4n) is 6.76. The number of nitrogens with zero attached hydrogens (tertiary/aromatic N) is 2. The number of hydrogen-bond acceptors (Lipinski definition) is 0. The number of hydrogen-bond donors (Lipinski definition) is 0. The quantitative estimate of drug-likeness (QED) is 0.165. The van der Waals surface area contributed by atoms with E-state index in [0.29, 0.717) is 0 Å². The van der Waals surface area contributed by atoms with E-state index in [0.717, 1.165) is 35.1 Å². The summed E-state index contributed by atoms with van der Waals surface area (Å²) in [5.74, 6) is 0. The Morgan fingerprint density at radius 3 is 0.914 bits per heavy atom. The van der Waals surface area contributed by atoms with Crippen molar-refractivity contribution in [1.29, 1.82) is 0 Å². The fraction of sp³-hybridized carbons (Fsp3) is 0.273. The summed E-state index contributed by atoms with van der Waals surface area (Å²) < 4.78 is 1.64. The molecule has 2 heteroatoms. The highest BCUT2D eigenvalue weighted by Gasteiger charge is 2.67. The molecule has 4 rings (SSSR count). The van der Waals surface area contributed by atoms with Gasteiger partial charge in [0.2, 0.25) is 0 Å². The SMILES string of the molecule is CC[N+](CC)(c1ccccc1)C(c1ccccc1)(c1ccccc1)[N+](CC)(CC)c1ccccc1. The van der Waals surface area contributed by atoms with Crippen molar-refractivity contribution < 1.29 is 0 Å². The Balaban J connectivity index is 2.29. The molecule has 0 atom stereocenters. The molecule has 35 heavy (non-hydrogen) atoms. The van der Waals surface area contributed by atoms with Crippen LogP contribution in [0.4, 0.5) is 11.4 Å². The summed E-state index contributed by atoms with van der Waals surface area (Å²) >= 11 is 0. The highest BCUT2D eigenvalue weighted by Crippen LogP contribution is 2.53. The first-order chi connectivity index (χ1) is 17.2. The predicted octanol–water partition coefficient (Wildman–Crippen LogP) is 7.98. The molecule has 0 saturated carbocycles. The molecule has 0 unspecified atom stereocenters. The van der Waals surface area contributed by atoms with Crippen LogP contribution in [0, 0.1) is 0 Å². The molecule has 2 nitrogen and oxygen atoms in total. The molecule has 4 aromatic carbocycles. The monoisotopic (exact) mass is 464 g/mol. The van der Waals surface area contributed by atoms with Crippen molar-refractivity contribution in [3.05, 3.63) is 132 Å². The smallest absolute Gasteiger partial charge is 0.232 e. The van der Waals surface area contributed by atoms with Crippen LogP contribution in [-0.4, -0.2) is 26.2 Å². The van der Waals surface area contributed by atoms with E-state index in [-0.39, 0.29) is 0 Å². The van der Waals surface area contributed by atoms with Gasteiger partial charge in [0.1, 0.15) is 11.4 Å².